The first-order valence-electron chi connectivity index (χ1n) is 6.03. The molecule has 0 aliphatic heterocycles. The largest absolute Gasteiger partial charge is 0.468 e. The minimum absolute atomic E-state index is 0.383. The summed E-state index contributed by atoms with van der Waals surface area (Å²) in [6.07, 6.45) is 0. The second kappa shape index (κ2) is 6.65. The van der Waals surface area contributed by atoms with E-state index in [2.05, 4.69) is 9.46 Å². The maximum Gasteiger partial charge on any atom is 0.324 e. The monoisotopic (exact) mass is 314 g/mol. The van der Waals surface area contributed by atoms with Crippen LogP contribution in [0, 0.1) is 23.1 Å². The SMILES string of the molecule is COC(=O)C(NS(=O)(=O)c1cccc(F)c1C#N)C(C)C. The number of rotatable bonds is 5. The van der Waals surface area contributed by atoms with Gasteiger partial charge < -0.3 is 4.74 Å². The summed E-state index contributed by atoms with van der Waals surface area (Å²) in [6.45, 7) is 3.25. The average Bonchev–Trinajstić information content (AvgIpc) is 2.43. The Hall–Kier alpha value is -1.98. The van der Waals surface area contributed by atoms with Gasteiger partial charge in [-0.1, -0.05) is 19.9 Å². The summed E-state index contributed by atoms with van der Waals surface area (Å²) < 4.78 is 44.7. The first-order valence-corrected chi connectivity index (χ1v) is 7.51. The van der Waals surface area contributed by atoms with E-state index in [0.717, 1.165) is 19.2 Å². The lowest BCUT2D eigenvalue weighted by atomic mass is 10.1. The Kier molecular flexibility index (Phi) is 5.41. The lowest BCUT2D eigenvalue weighted by Crippen LogP contribution is -2.45. The van der Waals surface area contributed by atoms with E-state index in [1.807, 2.05) is 0 Å². The van der Waals surface area contributed by atoms with Crippen LogP contribution in [0.2, 0.25) is 0 Å². The molecule has 0 saturated heterocycles. The number of esters is 1. The van der Waals surface area contributed by atoms with Gasteiger partial charge in [0.2, 0.25) is 10.0 Å². The molecule has 1 aromatic rings. The molecule has 0 saturated carbocycles. The van der Waals surface area contributed by atoms with Crippen molar-refractivity contribution >= 4 is 16.0 Å². The van der Waals surface area contributed by atoms with Crippen LogP contribution in [0.1, 0.15) is 19.4 Å². The highest BCUT2D eigenvalue weighted by molar-refractivity contribution is 7.89. The fourth-order valence-electron chi connectivity index (χ4n) is 1.65. The van der Waals surface area contributed by atoms with Gasteiger partial charge in [-0.25, -0.2) is 12.8 Å². The van der Waals surface area contributed by atoms with Gasteiger partial charge in [0.25, 0.3) is 0 Å². The molecule has 0 radical (unpaired) electrons. The topological polar surface area (TPSA) is 96.3 Å². The van der Waals surface area contributed by atoms with Crippen LogP contribution < -0.4 is 4.72 Å². The molecule has 0 spiro atoms. The van der Waals surface area contributed by atoms with Crippen molar-refractivity contribution < 1.29 is 22.3 Å². The van der Waals surface area contributed by atoms with Crippen molar-refractivity contribution in [3.63, 3.8) is 0 Å². The van der Waals surface area contributed by atoms with Crippen LogP contribution in [0.4, 0.5) is 4.39 Å². The maximum atomic E-state index is 13.5. The van der Waals surface area contributed by atoms with Crippen LogP contribution in [0.15, 0.2) is 23.1 Å². The summed E-state index contributed by atoms with van der Waals surface area (Å²) in [4.78, 5) is 11.1. The smallest absolute Gasteiger partial charge is 0.324 e. The molecule has 1 rings (SSSR count). The molecule has 1 atom stereocenters. The van der Waals surface area contributed by atoms with Gasteiger partial charge in [0.15, 0.2) is 0 Å². The van der Waals surface area contributed by atoms with Crippen molar-refractivity contribution in [2.45, 2.75) is 24.8 Å². The van der Waals surface area contributed by atoms with Crippen molar-refractivity contribution in [1.29, 1.82) is 5.26 Å². The highest BCUT2D eigenvalue weighted by Gasteiger charge is 2.31. The Morgan fingerprint density at radius 2 is 2.05 bits per heavy atom. The maximum absolute atomic E-state index is 13.5. The third-order valence-corrected chi connectivity index (χ3v) is 4.26. The molecule has 21 heavy (non-hydrogen) atoms. The second-order valence-electron chi connectivity index (χ2n) is 4.59. The number of nitriles is 1. The van der Waals surface area contributed by atoms with E-state index < -0.39 is 38.3 Å². The van der Waals surface area contributed by atoms with Gasteiger partial charge in [0, 0.05) is 0 Å². The summed E-state index contributed by atoms with van der Waals surface area (Å²) in [5.74, 6) is -2.09. The molecule has 0 aliphatic rings. The molecule has 1 unspecified atom stereocenters. The van der Waals surface area contributed by atoms with E-state index in [0.29, 0.717) is 0 Å². The standard InChI is InChI=1S/C13H15FN2O4S/c1-8(2)12(13(17)20-3)16-21(18,19)11-6-4-5-10(14)9(11)7-15/h4-6,8,12,16H,1-3H3. The second-order valence-corrected chi connectivity index (χ2v) is 6.27. The number of carbonyl (C=O) groups excluding carboxylic acids is 1. The van der Waals surface area contributed by atoms with E-state index >= 15 is 0 Å². The van der Waals surface area contributed by atoms with Gasteiger partial charge >= 0.3 is 5.97 Å². The van der Waals surface area contributed by atoms with Crippen LogP contribution in [-0.4, -0.2) is 27.5 Å². The van der Waals surface area contributed by atoms with Gasteiger partial charge in [0.1, 0.15) is 28.4 Å². The Morgan fingerprint density at radius 1 is 1.43 bits per heavy atom. The molecule has 0 aliphatic carbocycles. The van der Waals surface area contributed by atoms with Crippen molar-refractivity contribution in [3.8, 4) is 6.07 Å². The van der Waals surface area contributed by atoms with E-state index in [9.17, 15) is 17.6 Å². The number of methoxy groups -OCH3 is 1. The summed E-state index contributed by atoms with van der Waals surface area (Å²) in [6, 6.07) is 3.63. The van der Waals surface area contributed by atoms with Gasteiger partial charge in [-0.2, -0.15) is 9.98 Å². The Bertz CT molecular complexity index is 680. The third kappa shape index (κ3) is 3.77. The number of halogens is 1. The summed E-state index contributed by atoms with van der Waals surface area (Å²) in [5.41, 5.74) is -0.600. The lowest BCUT2D eigenvalue weighted by molar-refractivity contribution is -0.143. The van der Waals surface area contributed by atoms with Crippen molar-refractivity contribution in [2.24, 2.45) is 5.92 Å². The van der Waals surface area contributed by atoms with E-state index in [1.165, 1.54) is 12.1 Å². The first-order chi connectivity index (χ1) is 9.74. The van der Waals surface area contributed by atoms with Crippen LogP contribution in [-0.2, 0) is 19.6 Å². The number of benzene rings is 1. The zero-order valence-corrected chi connectivity index (χ0v) is 12.6. The van der Waals surface area contributed by atoms with Crippen molar-refractivity contribution in [2.75, 3.05) is 7.11 Å². The molecule has 8 heteroatoms. The predicted octanol–water partition coefficient (Wildman–Crippen LogP) is 1.17. The number of ether oxygens (including phenoxy) is 1. The van der Waals surface area contributed by atoms with E-state index in [4.69, 9.17) is 5.26 Å². The molecule has 0 fully saturated rings. The van der Waals surface area contributed by atoms with Crippen molar-refractivity contribution in [1.82, 2.24) is 4.72 Å². The molecular formula is C13H15FN2O4S. The molecular weight excluding hydrogens is 299 g/mol. The molecule has 0 heterocycles. The molecule has 1 N–H and O–H groups in total. The highest BCUT2D eigenvalue weighted by Crippen LogP contribution is 2.19. The van der Waals surface area contributed by atoms with Gasteiger partial charge in [-0.3, -0.25) is 4.79 Å². The zero-order valence-electron chi connectivity index (χ0n) is 11.8. The summed E-state index contributed by atoms with van der Waals surface area (Å²) in [7, 11) is -3.10. The number of hydrogen-bond donors (Lipinski definition) is 1. The fourth-order valence-corrected chi connectivity index (χ4v) is 3.15. The fraction of sp³-hybridized carbons (Fsp3) is 0.385. The average molecular weight is 314 g/mol. The molecule has 0 amide bonds. The number of nitrogens with one attached hydrogen (secondary N) is 1. The summed E-state index contributed by atoms with van der Waals surface area (Å²) in [5, 5.41) is 8.89. The number of sulfonamides is 1. The van der Waals surface area contributed by atoms with E-state index in [-0.39, 0.29) is 5.92 Å². The van der Waals surface area contributed by atoms with Crippen molar-refractivity contribution in [3.05, 3.63) is 29.6 Å². The van der Waals surface area contributed by atoms with E-state index in [1.54, 1.807) is 13.8 Å². The molecule has 0 aromatic heterocycles. The number of carbonyl (C=O) groups is 1. The lowest BCUT2D eigenvalue weighted by Gasteiger charge is -2.20. The van der Waals surface area contributed by atoms with Gasteiger partial charge in [-0.15, -0.1) is 0 Å². The number of hydrogen-bond acceptors (Lipinski definition) is 5. The normalized spacial score (nSPS) is 12.8. The molecule has 6 nitrogen and oxygen atoms in total. The molecule has 0 bridgehead atoms. The zero-order chi connectivity index (χ0) is 16.2. The van der Waals surface area contributed by atoms with Crippen LogP contribution in [0.25, 0.3) is 0 Å². The minimum atomic E-state index is -4.24. The third-order valence-electron chi connectivity index (χ3n) is 2.78. The van der Waals surface area contributed by atoms with Crippen LogP contribution in [0.3, 0.4) is 0 Å². The Morgan fingerprint density at radius 3 is 2.52 bits per heavy atom. The number of nitrogens with zero attached hydrogens (tertiary/aromatic N) is 1. The highest BCUT2D eigenvalue weighted by atomic mass is 32.2. The predicted molar refractivity (Wildman–Crippen MR) is 72.1 cm³/mol. The van der Waals surface area contributed by atoms with Crippen LogP contribution in [0.5, 0.6) is 0 Å². The Labute approximate surface area is 122 Å². The first kappa shape index (κ1) is 17.1. The molecule has 114 valence electrons. The van der Waals surface area contributed by atoms with Gasteiger partial charge in [-0.05, 0) is 18.1 Å². The minimum Gasteiger partial charge on any atom is -0.468 e. The van der Waals surface area contributed by atoms with Crippen LogP contribution >= 0.6 is 0 Å². The summed E-state index contributed by atoms with van der Waals surface area (Å²) >= 11 is 0. The quantitative estimate of drug-likeness (QED) is 0.823. The Balaban J connectivity index is 3.27. The molecule has 1 aromatic carbocycles. The van der Waals surface area contributed by atoms with Gasteiger partial charge in [0.05, 0.1) is 7.11 Å².